The SMILES string of the molecule is C=CCC(N)CSc1ccccc1Cl. The molecule has 0 spiro atoms. The van der Waals surface area contributed by atoms with Crippen molar-refractivity contribution in [1.29, 1.82) is 0 Å². The van der Waals surface area contributed by atoms with Crippen LogP contribution in [-0.4, -0.2) is 11.8 Å². The van der Waals surface area contributed by atoms with Crippen molar-refractivity contribution in [3.8, 4) is 0 Å². The van der Waals surface area contributed by atoms with E-state index in [9.17, 15) is 0 Å². The molecule has 1 nitrogen and oxygen atoms in total. The quantitative estimate of drug-likeness (QED) is 0.617. The van der Waals surface area contributed by atoms with Crippen LogP contribution in [0.1, 0.15) is 6.42 Å². The summed E-state index contributed by atoms with van der Waals surface area (Å²) in [5, 5.41) is 0.795. The van der Waals surface area contributed by atoms with Crippen molar-refractivity contribution in [1.82, 2.24) is 0 Å². The highest BCUT2D eigenvalue weighted by molar-refractivity contribution is 7.99. The second-order valence-corrected chi connectivity index (χ2v) is 4.49. The summed E-state index contributed by atoms with van der Waals surface area (Å²) in [6.45, 7) is 3.66. The molecular weight excluding hydrogens is 214 g/mol. The summed E-state index contributed by atoms with van der Waals surface area (Å²) in [6, 6.07) is 7.97. The first kappa shape index (κ1) is 11.6. The van der Waals surface area contributed by atoms with E-state index in [-0.39, 0.29) is 6.04 Å². The van der Waals surface area contributed by atoms with Gasteiger partial charge >= 0.3 is 0 Å². The number of hydrogen-bond donors (Lipinski definition) is 1. The van der Waals surface area contributed by atoms with Crippen LogP contribution in [0.25, 0.3) is 0 Å². The van der Waals surface area contributed by atoms with Gasteiger partial charge in [-0.15, -0.1) is 18.3 Å². The Morgan fingerprint density at radius 2 is 2.21 bits per heavy atom. The molecule has 1 rings (SSSR count). The number of hydrogen-bond acceptors (Lipinski definition) is 2. The minimum atomic E-state index is 0.161. The molecule has 0 aliphatic heterocycles. The van der Waals surface area contributed by atoms with E-state index in [0.717, 1.165) is 22.1 Å². The van der Waals surface area contributed by atoms with Gasteiger partial charge in [-0.05, 0) is 18.6 Å². The molecule has 0 aromatic heterocycles. The molecule has 0 aliphatic carbocycles. The smallest absolute Gasteiger partial charge is 0.0541 e. The van der Waals surface area contributed by atoms with Gasteiger partial charge in [-0.3, -0.25) is 0 Å². The standard InChI is InChI=1S/C11H14ClNS/c1-2-5-9(13)8-14-11-7-4-3-6-10(11)12/h2-4,6-7,9H,1,5,8,13H2. The lowest BCUT2D eigenvalue weighted by atomic mass is 10.2. The van der Waals surface area contributed by atoms with Crippen molar-refractivity contribution in [2.75, 3.05) is 5.75 Å². The zero-order valence-electron chi connectivity index (χ0n) is 7.95. The number of benzene rings is 1. The highest BCUT2D eigenvalue weighted by Gasteiger charge is 2.03. The average molecular weight is 228 g/mol. The molecule has 1 unspecified atom stereocenters. The Balaban J connectivity index is 2.45. The molecule has 1 atom stereocenters. The maximum Gasteiger partial charge on any atom is 0.0541 e. The van der Waals surface area contributed by atoms with Crippen molar-refractivity contribution < 1.29 is 0 Å². The van der Waals surface area contributed by atoms with E-state index in [4.69, 9.17) is 17.3 Å². The van der Waals surface area contributed by atoms with Gasteiger partial charge in [0.15, 0.2) is 0 Å². The monoisotopic (exact) mass is 227 g/mol. The molecule has 3 heteroatoms. The minimum absolute atomic E-state index is 0.161. The van der Waals surface area contributed by atoms with Gasteiger partial charge in [0, 0.05) is 16.7 Å². The van der Waals surface area contributed by atoms with E-state index in [1.54, 1.807) is 11.8 Å². The predicted octanol–water partition coefficient (Wildman–Crippen LogP) is 3.34. The molecule has 14 heavy (non-hydrogen) atoms. The Morgan fingerprint density at radius 1 is 1.50 bits per heavy atom. The number of halogens is 1. The molecule has 1 aromatic rings. The molecule has 0 heterocycles. The van der Waals surface area contributed by atoms with Gasteiger partial charge in [0.1, 0.15) is 0 Å². The first-order valence-corrected chi connectivity index (χ1v) is 5.84. The lowest BCUT2D eigenvalue weighted by molar-refractivity contribution is 0.769. The van der Waals surface area contributed by atoms with E-state index in [0.29, 0.717) is 0 Å². The third-order valence-corrected chi connectivity index (χ3v) is 3.46. The summed E-state index contributed by atoms with van der Waals surface area (Å²) in [5.74, 6) is 0.871. The number of nitrogens with two attached hydrogens (primary N) is 1. The Hall–Kier alpha value is -0.440. The summed E-state index contributed by atoms with van der Waals surface area (Å²) in [5.41, 5.74) is 5.85. The molecule has 2 N–H and O–H groups in total. The van der Waals surface area contributed by atoms with Crippen molar-refractivity contribution in [3.63, 3.8) is 0 Å². The van der Waals surface area contributed by atoms with Crippen LogP contribution in [0.4, 0.5) is 0 Å². The molecule has 76 valence electrons. The predicted molar refractivity (Wildman–Crippen MR) is 65.0 cm³/mol. The van der Waals surface area contributed by atoms with Gasteiger partial charge in [0.2, 0.25) is 0 Å². The molecule has 0 saturated carbocycles. The average Bonchev–Trinajstić information content (AvgIpc) is 2.17. The summed E-state index contributed by atoms with van der Waals surface area (Å²) in [4.78, 5) is 1.09. The maximum absolute atomic E-state index is 6.00. The largest absolute Gasteiger partial charge is 0.327 e. The van der Waals surface area contributed by atoms with Gasteiger partial charge in [-0.25, -0.2) is 0 Å². The summed E-state index contributed by atoms with van der Waals surface area (Å²) in [7, 11) is 0. The van der Waals surface area contributed by atoms with Crippen LogP contribution < -0.4 is 5.73 Å². The van der Waals surface area contributed by atoms with E-state index < -0.39 is 0 Å². The Bertz CT molecular complexity index is 301. The van der Waals surface area contributed by atoms with E-state index >= 15 is 0 Å². The summed E-state index contributed by atoms with van der Waals surface area (Å²) in [6.07, 6.45) is 2.69. The van der Waals surface area contributed by atoms with Crippen molar-refractivity contribution >= 4 is 23.4 Å². The fourth-order valence-corrected chi connectivity index (χ4v) is 2.25. The molecule has 0 fully saturated rings. The molecular formula is C11H14ClNS. The second kappa shape index (κ2) is 6.12. The number of rotatable bonds is 5. The zero-order valence-corrected chi connectivity index (χ0v) is 9.52. The lowest BCUT2D eigenvalue weighted by Crippen LogP contribution is -2.21. The topological polar surface area (TPSA) is 26.0 Å². The van der Waals surface area contributed by atoms with Crippen LogP contribution in [-0.2, 0) is 0 Å². The second-order valence-electron chi connectivity index (χ2n) is 3.03. The first-order chi connectivity index (χ1) is 6.74. The zero-order chi connectivity index (χ0) is 10.4. The van der Waals surface area contributed by atoms with Crippen LogP contribution in [0.3, 0.4) is 0 Å². The molecule has 0 bridgehead atoms. The Labute approximate surface area is 94.3 Å². The molecule has 0 radical (unpaired) electrons. The van der Waals surface area contributed by atoms with E-state index in [1.165, 1.54) is 0 Å². The Morgan fingerprint density at radius 3 is 2.86 bits per heavy atom. The normalized spacial score (nSPS) is 12.4. The van der Waals surface area contributed by atoms with Gasteiger partial charge in [0.25, 0.3) is 0 Å². The Kier molecular flexibility index (Phi) is 5.09. The van der Waals surface area contributed by atoms with E-state index in [2.05, 4.69) is 6.58 Å². The molecule has 0 amide bonds. The maximum atomic E-state index is 6.00. The van der Waals surface area contributed by atoms with Gasteiger partial charge < -0.3 is 5.73 Å². The first-order valence-electron chi connectivity index (χ1n) is 4.48. The third kappa shape index (κ3) is 3.74. The highest BCUT2D eigenvalue weighted by Crippen LogP contribution is 2.26. The highest BCUT2D eigenvalue weighted by atomic mass is 35.5. The van der Waals surface area contributed by atoms with Crippen LogP contribution >= 0.6 is 23.4 Å². The van der Waals surface area contributed by atoms with Crippen LogP contribution in [0.2, 0.25) is 5.02 Å². The molecule has 1 aromatic carbocycles. The fourth-order valence-electron chi connectivity index (χ4n) is 1.04. The van der Waals surface area contributed by atoms with Crippen LogP contribution in [0.5, 0.6) is 0 Å². The third-order valence-electron chi connectivity index (χ3n) is 1.76. The van der Waals surface area contributed by atoms with Crippen molar-refractivity contribution in [2.45, 2.75) is 17.4 Å². The van der Waals surface area contributed by atoms with Crippen LogP contribution in [0.15, 0.2) is 41.8 Å². The van der Waals surface area contributed by atoms with Gasteiger partial charge in [-0.1, -0.05) is 29.8 Å². The van der Waals surface area contributed by atoms with Crippen molar-refractivity contribution in [2.24, 2.45) is 5.73 Å². The fraction of sp³-hybridized carbons (Fsp3) is 0.273. The van der Waals surface area contributed by atoms with Crippen molar-refractivity contribution in [3.05, 3.63) is 41.9 Å². The summed E-state index contributed by atoms with van der Waals surface area (Å²) >= 11 is 7.69. The molecule has 0 aliphatic rings. The summed E-state index contributed by atoms with van der Waals surface area (Å²) < 4.78 is 0. The lowest BCUT2D eigenvalue weighted by Gasteiger charge is -2.08. The number of thioether (sulfide) groups is 1. The van der Waals surface area contributed by atoms with E-state index in [1.807, 2.05) is 30.3 Å². The molecule has 0 saturated heterocycles. The van der Waals surface area contributed by atoms with Gasteiger partial charge in [0.05, 0.1) is 5.02 Å². The van der Waals surface area contributed by atoms with Crippen LogP contribution in [0, 0.1) is 0 Å². The minimum Gasteiger partial charge on any atom is -0.327 e. The van der Waals surface area contributed by atoms with Gasteiger partial charge in [-0.2, -0.15) is 0 Å².